The molecule has 0 fully saturated rings. The van der Waals surface area contributed by atoms with E-state index in [1.807, 2.05) is 6.07 Å². The van der Waals surface area contributed by atoms with Gasteiger partial charge in [-0.05, 0) is 6.07 Å². The van der Waals surface area contributed by atoms with Crippen LogP contribution in [0.5, 0.6) is 0 Å². The predicted octanol–water partition coefficient (Wildman–Crippen LogP) is 1.12. The summed E-state index contributed by atoms with van der Waals surface area (Å²) in [5.74, 6) is 0. The number of anilines is 1. The van der Waals surface area contributed by atoms with Gasteiger partial charge in [0, 0.05) is 24.2 Å². The van der Waals surface area contributed by atoms with Gasteiger partial charge in [0.05, 0.1) is 23.8 Å². The summed E-state index contributed by atoms with van der Waals surface area (Å²) in [5.41, 5.74) is 7.97. The molecule has 0 atom stereocenters. The zero-order valence-electron chi connectivity index (χ0n) is 6.88. The number of hydrogen-bond donors (Lipinski definition) is 1. The lowest BCUT2D eigenvalue weighted by atomic mass is 10.2. The molecule has 2 N–H and O–H groups in total. The van der Waals surface area contributed by atoms with E-state index in [4.69, 9.17) is 5.73 Å². The molecule has 0 aromatic carbocycles. The van der Waals surface area contributed by atoms with Gasteiger partial charge in [-0.3, -0.25) is 15.0 Å². The molecule has 64 valence electrons. The normalized spacial score (nSPS) is 9.85. The molecule has 2 aromatic rings. The van der Waals surface area contributed by atoms with Gasteiger partial charge in [0.2, 0.25) is 0 Å². The Bertz CT molecular complexity index is 399. The van der Waals surface area contributed by atoms with Gasteiger partial charge < -0.3 is 5.73 Å². The standard InChI is InChI=1S/C9H8N4/c10-8-5-11-2-1-7(8)9-6-12-3-4-13-9/h1-6H,10H2. The Kier molecular flexibility index (Phi) is 1.88. The number of nitrogens with zero attached hydrogens (tertiary/aromatic N) is 3. The van der Waals surface area contributed by atoms with Crippen molar-refractivity contribution >= 4 is 5.69 Å². The van der Waals surface area contributed by atoms with E-state index < -0.39 is 0 Å². The largest absolute Gasteiger partial charge is 0.397 e. The third kappa shape index (κ3) is 1.46. The number of aromatic nitrogens is 3. The first-order chi connectivity index (χ1) is 6.38. The van der Waals surface area contributed by atoms with Crippen LogP contribution >= 0.6 is 0 Å². The van der Waals surface area contributed by atoms with Crippen molar-refractivity contribution < 1.29 is 0 Å². The average molecular weight is 172 g/mol. The second-order valence-corrected chi connectivity index (χ2v) is 2.55. The van der Waals surface area contributed by atoms with Crippen LogP contribution in [0, 0.1) is 0 Å². The van der Waals surface area contributed by atoms with Crippen molar-refractivity contribution in [1.29, 1.82) is 0 Å². The fraction of sp³-hybridized carbons (Fsp3) is 0. The molecule has 2 heterocycles. The zero-order chi connectivity index (χ0) is 9.10. The lowest BCUT2D eigenvalue weighted by molar-refractivity contribution is 1.20. The quantitative estimate of drug-likeness (QED) is 0.700. The highest BCUT2D eigenvalue weighted by atomic mass is 14.8. The smallest absolute Gasteiger partial charge is 0.0906 e. The topological polar surface area (TPSA) is 64.7 Å². The van der Waals surface area contributed by atoms with E-state index in [0.717, 1.165) is 11.3 Å². The van der Waals surface area contributed by atoms with Crippen molar-refractivity contribution in [3.8, 4) is 11.3 Å². The van der Waals surface area contributed by atoms with Crippen LogP contribution in [-0.4, -0.2) is 15.0 Å². The summed E-state index contributed by atoms with van der Waals surface area (Å²) in [5, 5.41) is 0. The molecule has 2 rings (SSSR count). The fourth-order valence-corrected chi connectivity index (χ4v) is 1.08. The first-order valence-corrected chi connectivity index (χ1v) is 3.84. The molecule has 4 nitrogen and oxygen atoms in total. The number of nitrogen functional groups attached to an aromatic ring is 1. The van der Waals surface area contributed by atoms with Crippen LogP contribution in [-0.2, 0) is 0 Å². The summed E-state index contributed by atoms with van der Waals surface area (Å²) in [4.78, 5) is 12.0. The molecule has 0 saturated heterocycles. The molecule has 0 radical (unpaired) electrons. The minimum Gasteiger partial charge on any atom is -0.397 e. The van der Waals surface area contributed by atoms with E-state index in [2.05, 4.69) is 15.0 Å². The summed E-state index contributed by atoms with van der Waals surface area (Å²) in [6, 6.07) is 1.82. The van der Waals surface area contributed by atoms with Gasteiger partial charge in [-0.1, -0.05) is 0 Å². The predicted molar refractivity (Wildman–Crippen MR) is 49.7 cm³/mol. The maximum atomic E-state index is 5.72. The van der Waals surface area contributed by atoms with Gasteiger partial charge in [0.25, 0.3) is 0 Å². The van der Waals surface area contributed by atoms with Gasteiger partial charge in [-0.15, -0.1) is 0 Å². The maximum Gasteiger partial charge on any atom is 0.0906 e. The Morgan fingerprint density at radius 3 is 2.54 bits per heavy atom. The van der Waals surface area contributed by atoms with Crippen LogP contribution in [0.3, 0.4) is 0 Å². The Labute approximate surface area is 75.5 Å². The van der Waals surface area contributed by atoms with Gasteiger partial charge in [-0.2, -0.15) is 0 Å². The maximum absolute atomic E-state index is 5.72. The van der Waals surface area contributed by atoms with E-state index in [0.29, 0.717) is 5.69 Å². The average Bonchev–Trinajstić information content (AvgIpc) is 2.20. The summed E-state index contributed by atoms with van der Waals surface area (Å²) in [6.45, 7) is 0. The Morgan fingerprint density at radius 2 is 1.85 bits per heavy atom. The number of hydrogen-bond acceptors (Lipinski definition) is 4. The van der Waals surface area contributed by atoms with Crippen molar-refractivity contribution in [1.82, 2.24) is 15.0 Å². The molecule has 0 saturated carbocycles. The summed E-state index contributed by atoms with van der Waals surface area (Å²) in [6.07, 6.45) is 8.21. The van der Waals surface area contributed by atoms with Gasteiger partial charge in [-0.25, -0.2) is 0 Å². The number of pyridine rings is 1. The lowest BCUT2D eigenvalue weighted by Gasteiger charge is -2.01. The lowest BCUT2D eigenvalue weighted by Crippen LogP contribution is -1.92. The molecule has 0 spiro atoms. The van der Waals surface area contributed by atoms with Gasteiger partial charge >= 0.3 is 0 Å². The summed E-state index contributed by atoms with van der Waals surface area (Å²) >= 11 is 0. The Morgan fingerprint density at radius 1 is 1.00 bits per heavy atom. The highest BCUT2D eigenvalue weighted by Gasteiger charge is 2.01. The summed E-state index contributed by atoms with van der Waals surface area (Å²) in [7, 11) is 0. The third-order valence-electron chi connectivity index (χ3n) is 1.69. The molecule has 0 unspecified atom stereocenters. The van der Waals surface area contributed by atoms with Crippen LogP contribution in [0.25, 0.3) is 11.3 Å². The number of nitrogens with two attached hydrogens (primary N) is 1. The Hall–Kier alpha value is -1.97. The van der Waals surface area contributed by atoms with Gasteiger partial charge in [0.15, 0.2) is 0 Å². The molecule has 0 amide bonds. The molecule has 13 heavy (non-hydrogen) atoms. The molecule has 0 aliphatic heterocycles. The van der Waals surface area contributed by atoms with E-state index >= 15 is 0 Å². The molecular formula is C9H8N4. The van der Waals surface area contributed by atoms with Crippen LogP contribution in [0.15, 0.2) is 37.1 Å². The van der Waals surface area contributed by atoms with Crippen molar-refractivity contribution in [2.75, 3.05) is 5.73 Å². The van der Waals surface area contributed by atoms with Crippen LogP contribution in [0.2, 0.25) is 0 Å². The molecule has 2 aromatic heterocycles. The number of rotatable bonds is 1. The van der Waals surface area contributed by atoms with E-state index in [1.54, 1.807) is 31.0 Å². The Balaban J connectivity index is 2.54. The van der Waals surface area contributed by atoms with Crippen molar-refractivity contribution in [3.05, 3.63) is 37.1 Å². The van der Waals surface area contributed by atoms with E-state index in [1.165, 1.54) is 0 Å². The first kappa shape index (κ1) is 7.67. The molecular weight excluding hydrogens is 164 g/mol. The highest BCUT2D eigenvalue weighted by Crippen LogP contribution is 2.20. The molecule has 0 bridgehead atoms. The minimum absolute atomic E-state index is 0.614. The first-order valence-electron chi connectivity index (χ1n) is 3.84. The minimum atomic E-state index is 0.614. The van der Waals surface area contributed by atoms with Crippen molar-refractivity contribution in [2.24, 2.45) is 0 Å². The second kappa shape index (κ2) is 3.18. The van der Waals surface area contributed by atoms with Crippen LogP contribution in [0.4, 0.5) is 5.69 Å². The van der Waals surface area contributed by atoms with Crippen LogP contribution in [0.1, 0.15) is 0 Å². The highest BCUT2D eigenvalue weighted by molar-refractivity contribution is 5.71. The van der Waals surface area contributed by atoms with Crippen molar-refractivity contribution in [3.63, 3.8) is 0 Å². The SMILES string of the molecule is Nc1cnccc1-c1cnccn1. The second-order valence-electron chi connectivity index (χ2n) is 2.55. The monoisotopic (exact) mass is 172 g/mol. The zero-order valence-corrected chi connectivity index (χ0v) is 6.88. The van der Waals surface area contributed by atoms with E-state index in [9.17, 15) is 0 Å². The molecule has 4 heteroatoms. The van der Waals surface area contributed by atoms with Gasteiger partial charge in [0.1, 0.15) is 0 Å². The molecule has 0 aliphatic carbocycles. The third-order valence-corrected chi connectivity index (χ3v) is 1.69. The van der Waals surface area contributed by atoms with Crippen molar-refractivity contribution in [2.45, 2.75) is 0 Å². The van der Waals surface area contributed by atoms with E-state index in [-0.39, 0.29) is 0 Å². The fourth-order valence-electron chi connectivity index (χ4n) is 1.08. The molecule has 0 aliphatic rings. The van der Waals surface area contributed by atoms with Crippen LogP contribution < -0.4 is 5.73 Å². The summed E-state index contributed by atoms with van der Waals surface area (Å²) < 4.78 is 0.